The molecule has 17 heavy (non-hydrogen) atoms. The summed E-state index contributed by atoms with van der Waals surface area (Å²) in [6.07, 6.45) is 3.14. The van der Waals surface area contributed by atoms with E-state index in [-0.39, 0.29) is 5.82 Å². The number of hydrogen-bond acceptors (Lipinski definition) is 2. The molecule has 1 aliphatic carbocycles. The second-order valence-corrected chi connectivity index (χ2v) is 5.25. The van der Waals surface area contributed by atoms with Gasteiger partial charge in [0.05, 0.1) is 0 Å². The first-order valence-corrected chi connectivity index (χ1v) is 6.51. The normalized spacial score (nSPS) is 28.6. The highest BCUT2D eigenvalue weighted by Crippen LogP contribution is 2.39. The minimum absolute atomic E-state index is 0.0282. The number of fused-ring (bicyclic) bond motifs is 1. The fourth-order valence-electron chi connectivity index (χ4n) is 3.31. The van der Waals surface area contributed by atoms with Crippen LogP contribution in [0.5, 0.6) is 0 Å². The molecule has 0 radical (unpaired) electrons. The van der Waals surface area contributed by atoms with Crippen LogP contribution in [0.2, 0.25) is 0 Å². The Labute approximate surface area is 102 Å². The van der Waals surface area contributed by atoms with Crippen LogP contribution in [0.1, 0.15) is 30.0 Å². The molecule has 0 bridgehead atoms. The molecule has 1 aromatic rings. The van der Waals surface area contributed by atoms with Gasteiger partial charge in [0.2, 0.25) is 0 Å². The molecule has 1 heterocycles. The molecule has 0 aromatic heterocycles. The number of halogens is 1. The van der Waals surface area contributed by atoms with Crippen molar-refractivity contribution in [3.05, 3.63) is 35.1 Å². The smallest absolute Gasteiger partial charge is 0.126 e. The average Bonchev–Trinajstić information content (AvgIpc) is 2.94. The Kier molecular flexibility index (Phi) is 2.89. The van der Waals surface area contributed by atoms with E-state index >= 15 is 0 Å². The molecule has 1 aliphatic heterocycles. The third-order valence-electron chi connectivity index (χ3n) is 4.27. The first-order chi connectivity index (χ1) is 8.29. The van der Waals surface area contributed by atoms with E-state index in [0.717, 1.165) is 38.0 Å². The Hall–Kier alpha value is -0.930. The lowest BCUT2D eigenvalue weighted by molar-refractivity contribution is 0.236. The van der Waals surface area contributed by atoms with Gasteiger partial charge in [-0.05, 0) is 55.5 Å². The topological polar surface area (TPSA) is 29.3 Å². The molecular weight excluding hydrogens is 215 g/mol. The molecular formula is C14H19FN2. The van der Waals surface area contributed by atoms with E-state index in [4.69, 9.17) is 5.73 Å². The molecule has 92 valence electrons. The van der Waals surface area contributed by atoms with Gasteiger partial charge in [-0.1, -0.05) is 12.1 Å². The van der Waals surface area contributed by atoms with Crippen molar-refractivity contribution in [1.82, 2.24) is 4.90 Å². The minimum Gasteiger partial charge on any atom is -0.330 e. The summed E-state index contributed by atoms with van der Waals surface area (Å²) in [5, 5.41) is 0. The molecule has 1 aromatic carbocycles. The Morgan fingerprint density at radius 1 is 1.35 bits per heavy atom. The number of likely N-dealkylation sites (tertiary alicyclic amines) is 1. The zero-order valence-corrected chi connectivity index (χ0v) is 10.0. The second kappa shape index (κ2) is 4.39. The fraction of sp³-hybridized carbons (Fsp3) is 0.571. The van der Waals surface area contributed by atoms with Gasteiger partial charge >= 0.3 is 0 Å². The average molecular weight is 234 g/mol. The Morgan fingerprint density at radius 3 is 3.00 bits per heavy atom. The third kappa shape index (κ3) is 1.87. The maximum atomic E-state index is 13.7. The fourth-order valence-corrected chi connectivity index (χ4v) is 3.31. The van der Waals surface area contributed by atoms with Crippen LogP contribution in [-0.4, -0.2) is 24.5 Å². The van der Waals surface area contributed by atoms with Crippen LogP contribution in [0.4, 0.5) is 4.39 Å². The largest absolute Gasteiger partial charge is 0.330 e. The van der Waals surface area contributed by atoms with Crippen molar-refractivity contribution >= 4 is 0 Å². The summed E-state index contributed by atoms with van der Waals surface area (Å²) >= 11 is 0. The third-order valence-corrected chi connectivity index (χ3v) is 4.27. The van der Waals surface area contributed by atoms with E-state index in [0.29, 0.717) is 12.0 Å². The summed E-state index contributed by atoms with van der Waals surface area (Å²) in [4.78, 5) is 2.49. The van der Waals surface area contributed by atoms with E-state index < -0.39 is 0 Å². The van der Waals surface area contributed by atoms with Gasteiger partial charge in [-0.2, -0.15) is 0 Å². The minimum atomic E-state index is -0.0282. The summed E-state index contributed by atoms with van der Waals surface area (Å²) in [6, 6.07) is 5.93. The molecule has 2 N–H and O–H groups in total. The maximum Gasteiger partial charge on any atom is 0.126 e. The van der Waals surface area contributed by atoms with Gasteiger partial charge in [-0.3, -0.25) is 4.90 Å². The van der Waals surface area contributed by atoms with Gasteiger partial charge in [-0.25, -0.2) is 4.39 Å². The van der Waals surface area contributed by atoms with Crippen molar-refractivity contribution in [2.24, 2.45) is 11.7 Å². The summed E-state index contributed by atoms with van der Waals surface area (Å²) in [6.45, 7) is 2.97. The Bertz CT molecular complexity index is 419. The first kappa shape index (κ1) is 11.2. The van der Waals surface area contributed by atoms with Gasteiger partial charge in [0.15, 0.2) is 0 Å². The number of hydrogen-bond donors (Lipinski definition) is 1. The van der Waals surface area contributed by atoms with E-state index in [9.17, 15) is 4.39 Å². The molecule has 2 aliphatic rings. The summed E-state index contributed by atoms with van der Waals surface area (Å²) in [5.74, 6) is 0.604. The lowest BCUT2D eigenvalue weighted by Gasteiger charge is -2.24. The van der Waals surface area contributed by atoms with Gasteiger partial charge in [0, 0.05) is 12.6 Å². The van der Waals surface area contributed by atoms with Crippen molar-refractivity contribution in [2.75, 3.05) is 19.6 Å². The second-order valence-electron chi connectivity index (χ2n) is 5.25. The van der Waals surface area contributed by atoms with E-state index in [1.165, 1.54) is 12.0 Å². The summed E-state index contributed by atoms with van der Waals surface area (Å²) < 4.78 is 13.7. The van der Waals surface area contributed by atoms with Crippen LogP contribution >= 0.6 is 0 Å². The van der Waals surface area contributed by atoms with Crippen molar-refractivity contribution in [1.29, 1.82) is 0 Å². The van der Waals surface area contributed by atoms with Crippen molar-refractivity contribution < 1.29 is 4.39 Å². The monoisotopic (exact) mass is 234 g/mol. The highest BCUT2D eigenvalue weighted by atomic mass is 19.1. The van der Waals surface area contributed by atoms with Crippen LogP contribution < -0.4 is 5.73 Å². The number of nitrogens with two attached hydrogens (primary N) is 1. The standard InChI is InChI=1S/C14H19FN2/c15-13-3-1-2-12-11(13)4-5-14(12)17-7-6-10(8-16)9-17/h1-3,10,14H,4-9,16H2. The van der Waals surface area contributed by atoms with Crippen molar-refractivity contribution in [3.8, 4) is 0 Å². The number of rotatable bonds is 2. The van der Waals surface area contributed by atoms with Gasteiger partial charge in [0.25, 0.3) is 0 Å². The molecule has 3 heteroatoms. The zero-order chi connectivity index (χ0) is 11.8. The SMILES string of the molecule is NCC1CCN(C2CCc3c(F)cccc32)C1. The summed E-state index contributed by atoms with van der Waals surface area (Å²) in [7, 11) is 0. The molecule has 1 fully saturated rings. The van der Waals surface area contributed by atoms with Crippen LogP contribution in [0.25, 0.3) is 0 Å². The number of nitrogens with zero attached hydrogens (tertiary/aromatic N) is 1. The molecule has 3 rings (SSSR count). The van der Waals surface area contributed by atoms with Crippen molar-refractivity contribution in [3.63, 3.8) is 0 Å². The molecule has 0 saturated carbocycles. The Morgan fingerprint density at radius 2 is 2.24 bits per heavy atom. The van der Waals surface area contributed by atoms with Crippen molar-refractivity contribution in [2.45, 2.75) is 25.3 Å². The van der Waals surface area contributed by atoms with Gasteiger partial charge in [-0.15, -0.1) is 0 Å². The van der Waals surface area contributed by atoms with Crippen LogP contribution in [0, 0.1) is 11.7 Å². The molecule has 1 saturated heterocycles. The maximum absolute atomic E-state index is 13.7. The molecule has 0 spiro atoms. The lowest BCUT2D eigenvalue weighted by Crippen LogP contribution is -2.26. The predicted octanol–water partition coefficient (Wildman–Crippen LogP) is 2.09. The first-order valence-electron chi connectivity index (χ1n) is 6.51. The lowest BCUT2D eigenvalue weighted by atomic mass is 10.1. The van der Waals surface area contributed by atoms with E-state index in [1.54, 1.807) is 6.07 Å². The van der Waals surface area contributed by atoms with Gasteiger partial charge < -0.3 is 5.73 Å². The van der Waals surface area contributed by atoms with E-state index in [2.05, 4.69) is 11.0 Å². The van der Waals surface area contributed by atoms with Crippen LogP contribution in [0.3, 0.4) is 0 Å². The van der Waals surface area contributed by atoms with Crippen LogP contribution in [0.15, 0.2) is 18.2 Å². The molecule has 2 unspecified atom stereocenters. The molecule has 0 amide bonds. The number of benzene rings is 1. The zero-order valence-electron chi connectivity index (χ0n) is 10.0. The van der Waals surface area contributed by atoms with Gasteiger partial charge in [0.1, 0.15) is 5.82 Å². The van der Waals surface area contributed by atoms with E-state index in [1.807, 2.05) is 6.07 Å². The quantitative estimate of drug-likeness (QED) is 0.849. The highest BCUT2D eigenvalue weighted by molar-refractivity contribution is 5.35. The summed E-state index contributed by atoms with van der Waals surface area (Å²) in [5.41, 5.74) is 7.88. The molecule has 2 atom stereocenters. The van der Waals surface area contributed by atoms with Crippen LogP contribution in [-0.2, 0) is 6.42 Å². The molecule has 2 nitrogen and oxygen atoms in total. The predicted molar refractivity (Wildman–Crippen MR) is 66.2 cm³/mol. The highest BCUT2D eigenvalue weighted by Gasteiger charge is 2.33. The Balaban J connectivity index is 1.82.